The minimum atomic E-state index is -0.382. The molecule has 2 aromatic rings. The Kier molecular flexibility index (Phi) is 4.40. The van der Waals surface area contributed by atoms with Crippen LogP contribution < -0.4 is 5.32 Å². The molecule has 0 spiro atoms. The lowest BCUT2D eigenvalue weighted by atomic mass is 10.1. The molecule has 6 heteroatoms. The van der Waals surface area contributed by atoms with Gasteiger partial charge in [-0.1, -0.05) is 12.1 Å². The Labute approximate surface area is 134 Å². The van der Waals surface area contributed by atoms with Crippen LogP contribution in [0, 0.1) is 11.3 Å². The number of nitrogens with one attached hydrogen (secondary N) is 1. The molecule has 0 unspecified atom stereocenters. The Bertz CT molecular complexity index is 756. The standard InChI is InChI=1S/C17H18N4O2/c1-2-23-17(22)16-14-11-19-10-8-15(14)21(20-16)13-5-3-12(4-6-13)7-9-18/h3-6,19H,2,7-8,10-11H2,1H3. The molecule has 0 fully saturated rings. The monoisotopic (exact) mass is 310 g/mol. The van der Waals surface area contributed by atoms with Crippen molar-refractivity contribution < 1.29 is 9.53 Å². The van der Waals surface area contributed by atoms with Crippen molar-refractivity contribution >= 4 is 5.97 Å². The summed E-state index contributed by atoms with van der Waals surface area (Å²) in [6.07, 6.45) is 1.19. The van der Waals surface area contributed by atoms with Crippen LogP contribution in [-0.4, -0.2) is 28.9 Å². The van der Waals surface area contributed by atoms with E-state index in [2.05, 4.69) is 16.5 Å². The van der Waals surface area contributed by atoms with E-state index in [1.165, 1.54) is 0 Å². The van der Waals surface area contributed by atoms with Crippen LogP contribution in [0.15, 0.2) is 24.3 Å². The van der Waals surface area contributed by atoms with Crippen molar-refractivity contribution in [2.75, 3.05) is 13.2 Å². The fourth-order valence-electron chi connectivity index (χ4n) is 2.77. The Morgan fingerprint density at radius 2 is 2.22 bits per heavy atom. The van der Waals surface area contributed by atoms with Gasteiger partial charge >= 0.3 is 5.97 Å². The number of aromatic nitrogens is 2. The third-order valence-corrected chi connectivity index (χ3v) is 3.86. The summed E-state index contributed by atoms with van der Waals surface area (Å²) in [5.74, 6) is -0.382. The zero-order valence-electron chi connectivity index (χ0n) is 13.0. The third-order valence-electron chi connectivity index (χ3n) is 3.86. The maximum absolute atomic E-state index is 12.1. The molecule has 1 N–H and O–H groups in total. The summed E-state index contributed by atoms with van der Waals surface area (Å²) in [5.41, 5.74) is 4.19. The van der Waals surface area contributed by atoms with Crippen molar-refractivity contribution in [3.05, 3.63) is 46.8 Å². The summed E-state index contributed by atoms with van der Waals surface area (Å²) in [6.45, 7) is 3.59. The highest BCUT2D eigenvalue weighted by atomic mass is 16.5. The largest absolute Gasteiger partial charge is 0.461 e. The second kappa shape index (κ2) is 6.63. The Morgan fingerprint density at radius 1 is 1.43 bits per heavy atom. The van der Waals surface area contributed by atoms with E-state index >= 15 is 0 Å². The minimum absolute atomic E-state index is 0.330. The molecular formula is C17H18N4O2. The maximum Gasteiger partial charge on any atom is 0.359 e. The van der Waals surface area contributed by atoms with Gasteiger partial charge in [-0.25, -0.2) is 9.48 Å². The maximum atomic E-state index is 12.1. The van der Waals surface area contributed by atoms with Gasteiger partial charge in [0.2, 0.25) is 0 Å². The van der Waals surface area contributed by atoms with E-state index in [9.17, 15) is 4.79 Å². The average Bonchev–Trinajstić information content (AvgIpc) is 2.96. The summed E-state index contributed by atoms with van der Waals surface area (Å²) in [7, 11) is 0. The van der Waals surface area contributed by atoms with Crippen molar-refractivity contribution in [1.29, 1.82) is 5.26 Å². The van der Waals surface area contributed by atoms with Gasteiger partial charge in [-0.05, 0) is 24.6 Å². The number of carbonyl (C=O) groups excluding carboxylic acids is 1. The van der Waals surface area contributed by atoms with Gasteiger partial charge in [-0.3, -0.25) is 0 Å². The quantitative estimate of drug-likeness (QED) is 0.870. The van der Waals surface area contributed by atoms with Crippen molar-refractivity contribution in [1.82, 2.24) is 15.1 Å². The number of fused-ring (bicyclic) bond motifs is 1. The van der Waals surface area contributed by atoms with E-state index in [4.69, 9.17) is 10.00 Å². The number of carbonyl (C=O) groups is 1. The molecular weight excluding hydrogens is 292 g/mol. The van der Waals surface area contributed by atoms with Gasteiger partial charge in [0.15, 0.2) is 5.69 Å². The number of esters is 1. The van der Waals surface area contributed by atoms with Gasteiger partial charge in [-0.15, -0.1) is 0 Å². The molecule has 0 amide bonds. The molecule has 0 radical (unpaired) electrons. The topological polar surface area (TPSA) is 79.9 Å². The minimum Gasteiger partial charge on any atom is -0.461 e. The molecule has 1 aromatic heterocycles. The first-order chi connectivity index (χ1) is 11.2. The first-order valence-electron chi connectivity index (χ1n) is 7.69. The van der Waals surface area contributed by atoms with Gasteiger partial charge in [0.05, 0.1) is 30.5 Å². The lowest BCUT2D eigenvalue weighted by Gasteiger charge is -2.15. The Hall–Kier alpha value is -2.65. The highest BCUT2D eigenvalue weighted by molar-refractivity contribution is 5.89. The fourth-order valence-corrected chi connectivity index (χ4v) is 2.77. The molecule has 0 aliphatic carbocycles. The summed E-state index contributed by atoms with van der Waals surface area (Å²) < 4.78 is 6.93. The van der Waals surface area contributed by atoms with Crippen LogP contribution >= 0.6 is 0 Å². The summed E-state index contributed by atoms with van der Waals surface area (Å²) >= 11 is 0. The van der Waals surface area contributed by atoms with Crippen molar-refractivity contribution in [3.63, 3.8) is 0 Å². The lowest BCUT2D eigenvalue weighted by molar-refractivity contribution is 0.0517. The Morgan fingerprint density at radius 3 is 2.91 bits per heavy atom. The zero-order valence-corrected chi connectivity index (χ0v) is 13.0. The number of nitrogens with zero attached hydrogens (tertiary/aromatic N) is 3. The second-order valence-corrected chi connectivity index (χ2v) is 5.33. The molecule has 2 heterocycles. The van der Waals surface area contributed by atoms with Gasteiger partial charge in [-0.2, -0.15) is 10.4 Å². The van der Waals surface area contributed by atoms with Crippen LogP contribution in [0.2, 0.25) is 0 Å². The summed E-state index contributed by atoms with van der Waals surface area (Å²) in [6, 6.07) is 9.82. The fraction of sp³-hybridized carbons (Fsp3) is 0.353. The first kappa shape index (κ1) is 15.3. The normalized spacial score (nSPS) is 13.2. The first-order valence-corrected chi connectivity index (χ1v) is 7.69. The summed E-state index contributed by atoms with van der Waals surface area (Å²) in [5, 5.41) is 16.5. The zero-order chi connectivity index (χ0) is 16.2. The molecule has 0 saturated heterocycles. The van der Waals surface area contributed by atoms with Crippen molar-refractivity contribution in [3.8, 4) is 11.8 Å². The predicted octanol–water partition coefficient (Wildman–Crippen LogP) is 1.76. The van der Waals surface area contributed by atoms with E-state index < -0.39 is 0 Å². The lowest BCUT2D eigenvalue weighted by Crippen LogP contribution is -2.25. The molecule has 6 nitrogen and oxygen atoms in total. The van der Waals surface area contributed by atoms with E-state index in [0.29, 0.717) is 25.3 Å². The summed E-state index contributed by atoms with van der Waals surface area (Å²) in [4.78, 5) is 12.1. The molecule has 3 rings (SSSR count). The number of benzene rings is 1. The van der Waals surface area contributed by atoms with Crippen molar-refractivity contribution in [2.45, 2.75) is 26.3 Å². The van der Waals surface area contributed by atoms with Crippen LogP contribution in [0.1, 0.15) is 34.2 Å². The SMILES string of the molecule is CCOC(=O)c1nn(-c2ccc(CC#N)cc2)c2c1CNCC2. The van der Waals surface area contributed by atoms with Gasteiger partial charge in [0, 0.05) is 25.1 Å². The van der Waals surface area contributed by atoms with E-state index in [-0.39, 0.29) is 5.97 Å². The number of hydrogen-bond acceptors (Lipinski definition) is 5. The van der Waals surface area contributed by atoms with Crippen molar-refractivity contribution in [2.24, 2.45) is 0 Å². The number of hydrogen-bond donors (Lipinski definition) is 1. The van der Waals surface area contributed by atoms with Crippen LogP contribution in [0.4, 0.5) is 0 Å². The van der Waals surface area contributed by atoms with Crippen LogP contribution in [0.5, 0.6) is 0 Å². The number of ether oxygens (including phenoxy) is 1. The molecule has 0 atom stereocenters. The highest BCUT2D eigenvalue weighted by Crippen LogP contribution is 2.23. The average molecular weight is 310 g/mol. The smallest absolute Gasteiger partial charge is 0.359 e. The highest BCUT2D eigenvalue weighted by Gasteiger charge is 2.26. The molecule has 118 valence electrons. The molecule has 23 heavy (non-hydrogen) atoms. The van der Waals surface area contributed by atoms with E-state index in [1.807, 2.05) is 28.9 Å². The molecule has 0 bridgehead atoms. The van der Waals surface area contributed by atoms with Crippen LogP contribution in [0.3, 0.4) is 0 Å². The number of rotatable bonds is 4. The van der Waals surface area contributed by atoms with Gasteiger partial charge in [0.1, 0.15) is 0 Å². The molecule has 1 aromatic carbocycles. The molecule has 1 aliphatic heterocycles. The van der Waals surface area contributed by atoms with Gasteiger partial charge in [0.25, 0.3) is 0 Å². The van der Waals surface area contributed by atoms with Crippen LogP contribution in [0.25, 0.3) is 5.69 Å². The van der Waals surface area contributed by atoms with Crippen LogP contribution in [-0.2, 0) is 24.1 Å². The second-order valence-electron chi connectivity index (χ2n) is 5.33. The third kappa shape index (κ3) is 2.96. The number of nitriles is 1. The molecule has 0 saturated carbocycles. The van der Waals surface area contributed by atoms with E-state index in [1.54, 1.807) is 6.92 Å². The molecule has 1 aliphatic rings. The Balaban J connectivity index is 2.02. The van der Waals surface area contributed by atoms with Gasteiger partial charge < -0.3 is 10.1 Å². The predicted molar refractivity (Wildman–Crippen MR) is 84.2 cm³/mol. The van der Waals surface area contributed by atoms with E-state index in [0.717, 1.165) is 35.5 Å².